The molecule has 0 aromatic heterocycles. The molecule has 0 spiro atoms. The quantitative estimate of drug-likeness (QED) is 0.596. The molecule has 8 heteroatoms. The Balaban J connectivity index is 1.43. The summed E-state index contributed by atoms with van der Waals surface area (Å²) in [5.41, 5.74) is 1.08. The molecule has 4 rings (SSSR count). The van der Waals surface area contributed by atoms with Crippen molar-refractivity contribution in [2.75, 3.05) is 18.4 Å². The number of benzene rings is 3. The highest BCUT2D eigenvalue weighted by molar-refractivity contribution is 5.90. The Morgan fingerprint density at radius 3 is 2.38 bits per heavy atom. The summed E-state index contributed by atoms with van der Waals surface area (Å²) in [5.74, 6) is -1.30. The van der Waals surface area contributed by atoms with Gasteiger partial charge in [0.05, 0.1) is 6.42 Å². The van der Waals surface area contributed by atoms with Gasteiger partial charge in [0.15, 0.2) is 0 Å². The molecular weight excluding hydrogens is 418 g/mol. The van der Waals surface area contributed by atoms with Gasteiger partial charge in [-0.1, -0.05) is 12.1 Å². The maximum absolute atomic E-state index is 13.8. The van der Waals surface area contributed by atoms with Gasteiger partial charge in [-0.15, -0.1) is 0 Å². The first-order valence-electron chi connectivity index (χ1n) is 10.3. The molecule has 0 radical (unpaired) electrons. The summed E-state index contributed by atoms with van der Waals surface area (Å²) in [6.07, 6.45) is 0.774. The van der Waals surface area contributed by atoms with Crippen LogP contribution in [0.1, 0.15) is 18.4 Å². The van der Waals surface area contributed by atoms with Crippen LogP contribution in [0.25, 0.3) is 10.8 Å². The third-order valence-electron chi connectivity index (χ3n) is 5.41. The van der Waals surface area contributed by atoms with Crippen molar-refractivity contribution in [3.8, 4) is 5.75 Å². The molecule has 166 valence electrons. The fraction of sp³-hybridized carbons (Fsp3) is 0.250. The van der Waals surface area contributed by atoms with Gasteiger partial charge < -0.3 is 20.1 Å². The minimum atomic E-state index is -0.960. The van der Waals surface area contributed by atoms with E-state index in [0.717, 1.165) is 0 Å². The van der Waals surface area contributed by atoms with Crippen LogP contribution in [0.3, 0.4) is 0 Å². The minimum absolute atomic E-state index is 0.161. The Labute approximate surface area is 183 Å². The van der Waals surface area contributed by atoms with Gasteiger partial charge in [-0.3, -0.25) is 4.79 Å². The van der Waals surface area contributed by atoms with Crippen molar-refractivity contribution in [2.24, 2.45) is 0 Å². The molecule has 0 saturated carbocycles. The number of hydrogen-bond donors (Lipinski definition) is 2. The van der Waals surface area contributed by atoms with Crippen molar-refractivity contribution in [3.63, 3.8) is 0 Å². The lowest BCUT2D eigenvalue weighted by Gasteiger charge is -2.32. The largest absolute Gasteiger partial charge is 0.490 e. The van der Waals surface area contributed by atoms with E-state index in [-0.39, 0.29) is 24.4 Å². The van der Waals surface area contributed by atoms with E-state index in [4.69, 9.17) is 9.84 Å². The lowest BCUT2D eigenvalue weighted by Crippen LogP contribution is -2.43. The topological polar surface area (TPSA) is 78.9 Å². The van der Waals surface area contributed by atoms with Crippen LogP contribution in [0.2, 0.25) is 0 Å². The highest BCUT2D eigenvalue weighted by atomic mass is 19.1. The molecule has 1 saturated heterocycles. The van der Waals surface area contributed by atoms with Gasteiger partial charge in [0, 0.05) is 37.0 Å². The maximum Gasteiger partial charge on any atom is 0.321 e. The Hall–Kier alpha value is -3.68. The maximum atomic E-state index is 13.8. The van der Waals surface area contributed by atoms with Gasteiger partial charge >= 0.3 is 12.0 Å². The molecule has 3 aromatic rings. The number of piperidine rings is 1. The van der Waals surface area contributed by atoms with Crippen LogP contribution in [-0.4, -0.2) is 41.2 Å². The number of carbonyl (C=O) groups excluding carboxylic acids is 1. The number of halogens is 2. The Morgan fingerprint density at radius 2 is 1.69 bits per heavy atom. The lowest BCUT2D eigenvalue weighted by atomic mass is 10.0. The van der Waals surface area contributed by atoms with Gasteiger partial charge in [-0.2, -0.15) is 0 Å². The fourth-order valence-corrected chi connectivity index (χ4v) is 3.82. The number of fused-ring (bicyclic) bond motifs is 1. The Morgan fingerprint density at radius 1 is 1.00 bits per heavy atom. The second-order valence-corrected chi connectivity index (χ2v) is 7.77. The predicted molar refractivity (Wildman–Crippen MR) is 116 cm³/mol. The van der Waals surface area contributed by atoms with Crippen molar-refractivity contribution in [3.05, 3.63) is 71.8 Å². The van der Waals surface area contributed by atoms with Crippen molar-refractivity contribution in [2.45, 2.75) is 25.4 Å². The third-order valence-corrected chi connectivity index (χ3v) is 5.41. The average Bonchev–Trinajstić information content (AvgIpc) is 2.76. The molecule has 1 aliphatic heterocycles. The molecule has 0 unspecified atom stereocenters. The van der Waals surface area contributed by atoms with E-state index < -0.39 is 11.8 Å². The number of rotatable bonds is 5. The van der Waals surface area contributed by atoms with E-state index in [1.807, 2.05) is 0 Å². The zero-order chi connectivity index (χ0) is 22.7. The molecule has 2 amide bonds. The van der Waals surface area contributed by atoms with Crippen LogP contribution in [0.5, 0.6) is 5.75 Å². The summed E-state index contributed by atoms with van der Waals surface area (Å²) in [4.78, 5) is 25.3. The van der Waals surface area contributed by atoms with E-state index in [1.54, 1.807) is 23.1 Å². The van der Waals surface area contributed by atoms with Gasteiger partial charge in [0.2, 0.25) is 0 Å². The summed E-state index contributed by atoms with van der Waals surface area (Å²) in [5, 5.41) is 13.2. The van der Waals surface area contributed by atoms with Crippen LogP contribution in [0.4, 0.5) is 19.3 Å². The molecule has 0 aliphatic carbocycles. The molecule has 1 heterocycles. The highest BCUT2D eigenvalue weighted by Gasteiger charge is 2.25. The van der Waals surface area contributed by atoms with Crippen molar-refractivity contribution >= 4 is 28.5 Å². The summed E-state index contributed by atoms with van der Waals surface area (Å²) >= 11 is 0. The molecule has 1 fully saturated rings. The van der Waals surface area contributed by atoms with Gasteiger partial charge in [0.1, 0.15) is 23.5 Å². The number of ether oxygens (including phenoxy) is 1. The zero-order valence-corrected chi connectivity index (χ0v) is 17.2. The molecule has 1 aliphatic rings. The first-order chi connectivity index (χ1) is 15.4. The summed E-state index contributed by atoms with van der Waals surface area (Å²) < 4.78 is 33.0. The van der Waals surface area contributed by atoms with E-state index >= 15 is 0 Å². The minimum Gasteiger partial charge on any atom is -0.490 e. The van der Waals surface area contributed by atoms with Gasteiger partial charge in [0.25, 0.3) is 0 Å². The summed E-state index contributed by atoms with van der Waals surface area (Å²) in [6, 6.07) is 12.9. The van der Waals surface area contributed by atoms with E-state index in [9.17, 15) is 18.4 Å². The van der Waals surface area contributed by atoms with Gasteiger partial charge in [-0.05, 0) is 53.4 Å². The van der Waals surface area contributed by atoms with Crippen molar-refractivity contribution in [1.82, 2.24) is 4.90 Å². The Bertz CT molecular complexity index is 1140. The number of anilines is 1. The van der Waals surface area contributed by atoms with Crippen LogP contribution in [0, 0.1) is 11.6 Å². The van der Waals surface area contributed by atoms with E-state index in [0.29, 0.717) is 53.7 Å². The molecule has 2 N–H and O–H groups in total. The van der Waals surface area contributed by atoms with Crippen LogP contribution in [-0.2, 0) is 11.2 Å². The zero-order valence-electron chi connectivity index (χ0n) is 17.2. The number of carboxylic acid groups (broad SMARTS) is 1. The second kappa shape index (κ2) is 9.21. The number of carboxylic acids is 1. The Kier molecular flexibility index (Phi) is 6.20. The first-order valence-corrected chi connectivity index (χ1v) is 10.3. The smallest absolute Gasteiger partial charge is 0.321 e. The van der Waals surface area contributed by atoms with Crippen LogP contribution < -0.4 is 10.1 Å². The summed E-state index contributed by atoms with van der Waals surface area (Å²) in [6.45, 7) is 0.914. The third kappa shape index (κ3) is 5.14. The fourth-order valence-electron chi connectivity index (χ4n) is 3.82. The molecule has 32 heavy (non-hydrogen) atoms. The highest BCUT2D eigenvalue weighted by Crippen LogP contribution is 2.31. The monoisotopic (exact) mass is 440 g/mol. The second-order valence-electron chi connectivity index (χ2n) is 7.77. The summed E-state index contributed by atoms with van der Waals surface area (Å²) in [7, 11) is 0. The number of nitrogens with zero attached hydrogens (tertiary/aromatic N) is 1. The normalized spacial score (nSPS) is 14.4. The number of hydrogen-bond acceptors (Lipinski definition) is 3. The number of likely N-dealkylation sites (tertiary alicyclic amines) is 1. The lowest BCUT2D eigenvalue weighted by molar-refractivity contribution is -0.136. The number of urea groups is 1. The molecule has 0 bridgehead atoms. The predicted octanol–water partition coefficient (Wildman–Crippen LogP) is 4.82. The number of amides is 2. The molecule has 3 aromatic carbocycles. The molecular formula is C24H22F2N2O4. The van der Waals surface area contributed by atoms with Crippen molar-refractivity contribution < 1.29 is 28.2 Å². The number of carbonyl (C=O) groups is 2. The van der Waals surface area contributed by atoms with Crippen LogP contribution in [0.15, 0.2) is 54.6 Å². The van der Waals surface area contributed by atoms with E-state index in [2.05, 4.69) is 5.32 Å². The number of aliphatic carboxylic acids is 1. The first kappa shape index (κ1) is 21.5. The van der Waals surface area contributed by atoms with Crippen molar-refractivity contribution in [1.29, 1.82) is 0 Å². The van der Waals surface area contributed by atoms with Crippen LogP contribution >= 0.6 is 0 Å². The van der Waals surface area contributed by atoms with Gasteiger partial charge in [-0.25, -0.2) is 13.6 Å². The average molecular weight is 440 g/mol. The number of nitrogens with one attached hydrogen (secondary N) is 1. The molecule has 6 nitrogen and oxygen atoms in total. The van der Waals surface area contributed by atoms with E-state index in [1.165, 1.54) is 36.4 Å². The SMILES string of the molecule is O=C(O)Cc1cc(OC2CCN(C(=O)Nc3ccc(F)cc3)CC2)c2cc(F)ccc2c1. The molecule has 0 atom stereocenters. The standard InChI is InChI=1S/C24H22F2N2O4/c25-17-3-5-19(6-4-17)27-24(31)28-9-7-20(8-10-28)32-22-12-15(13-23(29)30)11-16-1-2-18(26)14-21(16)22/h1-6,11-12,14,20H,7-10,13H2,(H,27,31)(H,29,30).